The molecule has 0 radical (unpaired) electrons. The molecular weight excluding hydrogens is 486 g/mol. The Morgan fingerprint density at radius 2 is 1.63 bits per heavy atom. The van der Waals surface area contributed by atoms with Gasteiger partial charge in [-0.25, -0.2) is 8.42 Å². The predicted octanol–water partition coefficient (Wildman–Crippen LogP) is 4.09. The molecule has 1 saturated heterocycles. The summed E-state index contributed by atoms with van der Waals surface area (Å²) in [6.45, 7) is 6.86. The van der Waals surface area contributed by atoms with Gasteiger partial charge >= 0.3 is 0 Å². The lowest BCUT2D eigenvalue weighted by molar-refractivity contribution is -0.137. The Balaban J connectivity index is 1.84. The topological polar surface area (TPSA) is 78.0 Å². The maximum atomic E-state index is 13.7. The zero-order valence-corrected chi connectivity index (χ0v) is 22.2. The number of piperidine rings is 1. The number of benzene rings is 2. The molecule has 1 aliphatic heterocycles. The summed E-state index contributed by atoms with van der Waals surface area (Å²) in [5.74, 6) is -0.220. The highest BCUT2D eigenvalue weighted by Gasteiger charge is 2.32. The molecule has 1 fully saturated rings. The standard InChI is InChI=1S/C26H34ClN3O4S/c1-4-15-29(35(33,34)25-11-5-20(2)6-12-25)19-26(32)30(18-22-7-9-23(27)10-8-22)24-13-16-28(17-14-24)21(3)31/h5-12,24H,4,13-19H2,1-3H3. The number of hydrogen-bond acceptors (Lipinski definition) is 4. The fourth-order valence-electron chi connectivity index (χ4n) is 4.33. The molecule has 2 aromatic rings. The van der Waals surface area contributed by atoms with Gasteiger partial charge in [-0.2, -0.15) is 4.31 Å². The third kappa shape index (κ3) is 7.06. The molecule has 9 heteroatoms. The van der Waals surface area contributed by atoms with Crippen LogP contribution in [0.4, 0.5) is 0 Å². The molecule has 0 atom stereocenters. The minimum atomic E-state index is -3.82. The molecule has 0 N–H and O–H groups in total. The third-order valence-electron chi connectivity index (χ3n) is 6.38. The fraction of sp³-hybridized carbons (Fsp3) is 0.462. The molecule has 1 heterocycles. The molecule has 3 rings (SSSR count). The number of nitrogens with zero attached hydrogens (tertiary/aromatic N) is 3. The van der Waals surface area contributed by atoms with Crippen LogP contribution in [0, 0.1) is 6.92 Å². The lowest BCUT2D eigenvalue weighted by Gasteiger charge is -2.39. The van der Waals surface area contributed by atoms with E-state index in [0.717, 1.165) is 11.1 Å². The first-order valence-corrected chi connectivity index (χ1v) is 13.8. The van der Waals surface area contributed by atoms with E-state index >= 15 is 0 Å². The second-order valence-corrected chi connectivity index (χ2v) is 11.4. The van der Waals surface area contributed by atoms with Crippen molar-refractivity contribution in [3.05, 3.63) is 64.7 Å². The Kier molecular flexibility index (Phi) is 9.33. The summed E-state index contributed by atoms with van der Waals surface area (Å²) in [6.07, 6.45) is 1.89. The van der Waals surface area contributed by atoms with Crippen LogP contribution in [0.2, 0.25) is 5.02 Å². The molecule has 0 unspecified atom stereocenters. The van der Waals surface area contributed by atoms with Gasteiger partial charge in [0.25, 0.3) is 0 Å². The van der Waals surface area contributed by atoms with Crippen molar-refractivity contribution in [2.24, 2.45) is 0 Å². The second kappa shape index (κ2) is 12.0. The van der Waals surface area contributed by atoms with Crippen molar-refractivity contribution in [3.63, 3.8) is 0 Å². The molecule has 1 aliphatic rings. The number of halogens is 1. The first kappa shape index (κ1) is 27.2. The quantitative estimate of drug-likeness (QED) is 0.500. The van der Waals surface area contributed by atoms with Gasteiger partial charge in [0.1, 0.15) is 0 Å². The molecule has 0 aromatic heterocycles. The van der Waals surface area contributed by atoms with E-state index in [1.165, 1.54) is 4.31 Å². The van der Waals surface area contributed by atoms with Gasteiger partial charge in [-0.1, -0.05) is 48.4 Å². The van der Waals surface area contributed by atoms with Crippen molar-refractivity contribution in [2.45, 2.75) is 57.5 Å². The Hall–Kier alpha value is -2.42. The van der Waals surface area contributed by atoms with Crippen LogP contribution in [0.5, 0.6) is 0 Å². The van der Waals surface area contributed by atoms with Crippen molar-refractivity contribution in [1.29, 1.82) is 0 Å². The van der Waals surface area contributed by atoms with Crippen molar-refractivity contribution < 1.29 is 18.0 Å². The van der Waals surface area contributed by atoms with E-state index in [-0.39, 0.29) is 35.8 Å². The van der Waals surface area contributed by atoms with Gasteiger partial charge in [0.2, 0.25) is 21.8 Å². The van der Waals surface area contributed by atoms with Gasteiger partial charge in [0.15, 0.2) is 0 Å². The Bertz CT molecular complexity index is 1110. The number of rotatable bonds is 9. The summed E-state index contributed by atoms with van der Waals surface area (Å²) in [5.41, 5.74) is 1.88. The van der Waals surface area contributed by atoms with Gasteiger partial charge in [-0.15, -0.1) is 0 Å². The van der Waals surface area contributed by atoms with Crippen LogP contribution in [0.1, 0.15) is 44.2 Å². The van der Waals surface area contributed by atoms with Gasteiger partial charge < -0.3 is 9.80 Å². The average molecular weight is 520 g/mol. The average Bonchev–Trinajstić information content (AvgIpc) is 2.83. The van der Waals surface area contributed by atoms with Gasteiger partial charge in [-0.05, 0) is 56.0 Å². The molecule has 0 saturated carbocycles. The van der Waals surface area contributed by atoms with Crippen LogP contribution >= 0.6 is 11.6 Å². The molecule has 35 heavy (non-hydrogen) atoms. The van der Waals surface area contributed by atoms with E-state index in [4.69, 9.17) is 11.6 Å². The Morgan fingerprint density at radius 1 is 1.03 bits per heavy atom. The van der Waals surface area contributed by atoms with Crippen molar-refractivity contribution in [2.75, 3.05) is 26.2 Å². The highest BCUT2D eigenvalue weighted by Crippen LogP contribution is 2.23. The number of carbonyl (C=O) groups excluding carboxylic acids is 2. The van der Waals surface area contributed by atoms with Crippen LogP contribution in [0.15, 0.2) is 53.4 Å². The molecule has 190 valence electrons. The normalized spacial score (nSPS) is 14.8. The smallest absolute Gasteiger partial charge is 0.243 e. The zero-order chi connectivity index (χ0) is 25.6. The minimum absolute atomic E-state index is 0.0253. The van der Waals surface area contributed by atoms with E-state index in [2.05, 4.69) is 0 Å². The molecular formula is C26H34ClN3O4S. The lowest BCUT2D eigenvalue weighted by Crippen LogP contribution is -2.51. The van der Waals surface area contributed by atoms with E-state index in [1.807, 2.05) is 26.0 Å². The molecule has 7 nitrogen and oxygen atoms in total. The number of aryl methyl sites for hydroxylation is 1. The fourth-order valence-corrected chi connectivity index (χ4v) is 5.94. The summed E-state index contributed by atoms with van der Waals surface area (Å²) in [4.78, 5) is 29.2. The van der Waals surface area contributed by atoms with Crippen LogP contribution < -0.4 is 0 Å². The number of likely N-dealkylation sites (tertiary alicyclic amines) is 1. The predicted molar refractivity (Wildman–Crippen MR) is 138 cm³/mol. The largest absolute Gasteiger partial charge is 0.343 e. The molecule has 0 aliphatic carbocycles. The van der Waals surface area contributed by atoms with Gasteiger partial charge in [0, 0.05) is 44.2 Å². The second-order valence-electron chi connectivity index (χ2n) is 9.04. The third-order valence-corrected chi connectivity index (χ3v) is 8.49. The summed E-state index contributed by atoms with van der Waals surface area (Å²) < 4.78 is 28.0. The van der Waals surface area contributed by atoms with Gasteiger partial charge in [-0.3, -0.25) is 9.59 Å². The van der Waals surface area contributed by atoms with E-state index in [0.29, 0.717) is 43.9 Å². The van der Waals surface area contributed by atoms with Crippen LogP contribution in [-0.2, 0) is 26.2 Å². The minimum Gasteiger partial charge on any atom is -0.343 e. The molecule has 0 bridgehead atoms. The van der Waals surface area contributed by atoms with Crippen LogP contribution in [0.3, 0.4) is 0 Å². The van der Waals surface area contributed by atoms with Crippen molar-refractivity contribution in [3.8, 4) is 0 Å². The lowest BCUT2D eigenvalue weighted by atomic mass is 10.0. The number of carbonyl (C=O) groups is 2. The van der Waals surface area contributed by atoms with Crippen LogP contribution in [-0.4, -0.2) is 66.6 Å². The van der Waals surface area contributed by atoms with Gasteiger partial charge in [0.05, 0.1) is 11.4 Å². The van der Waals surface area contributed by atoms with Crippen LogP contribution in [0.25, 0.3) is 0 Å². The first-order valence-electron chi connectivity index (χ1n) is 12.0. The molecule has 2 aromatic carbocycles. The summed E-state index contributed by atoms with van der Waals surface area (Å²) in [5, 5.41) is 0.611. The number of amides is 2. The molecule has 2 amide bonds. The number of hydrogen-bond donors (Lipinski definition) is 0. The Labute approximate surface area is 213 Å². The monoisotopic (exact) mass is 519 g/mol. The van der Waals surface area contributed by atoms with E-state index in [9.17, 15) is 18.0 Å². The Morgan fingerprint density at radius 3 is 2.17 bits per heavy atom. The maximum Gasteiger partial charge on any atom is 0.243 e. The highest BCUT2D eigenvalue weighted by molar-refractivity contribution is 7.89. The van der Waals surface area contributed by atoms with Crippen molar-refractivity contribution in [1.82, 2.24) is 14.1 Å². The van der Waals surface area contributed by atoms with Crippen molar-refractivity contribution >= 4 is 33.4 Å². The van der Waals surface area contributed by atoms with E-state index < -0.39 is 10.0 Å². The van der Waals surface area contributed by atoms with E-state index in [1.54, 1.807) is 53.1 Å². The molecule has 0 spiro atoms. The summed E-state index contributed by atoms with van der Waals surface area (Å²) in [7, 11) is -3.82. The maximum absolute atomic E-state index is 13.7. The summed E-state index contributed by atoms with van der Waals surface area (Å²) in [6, 6.07) is 13.9. The first-order chi connectivity index (χ1) is 16.6. The number of sulfonamides is 1. The summed E-state index contributed by atoms with van der Waals surface area (Å²) >= 11 is 6.04. The zero-order valence-electron chi connectivity index (χ0n) is 20.6. The highest BCUT2D eigenvalue weighted by atomic mass is 35.5. The SMILES string of the molecule is CCCN(CC(=O)N(Cc1ccc(Cl)cc1)C1CCN(C(C)=O)CC1)S(=O)(=O)c1ccc(C)cc1.